The van der Waals surface area contributed by atoms with E-state index in [-0.39, 0.29) is 11.2 Å². The molecule has 0 fully saturated rings. The molecule has 0 aliphatic carbocycles. The smallest absolute Gasteiger partial charge is 0.428 e. The predicted molar refractivity (Wildman–Crippen MR) is 78.5 cm³/mol. The molecular formula is C16H23F4NO. The molecule has 0 heterocycles. The molecule has 0 aromatic heterocycles. The van der Waals surface area contributed by atoms with E-state index in [1.807, 2.05) is 20.8 Å². The van der Waals surface area contributed by atoms with Crippen LogP contribution in [0.25, 0.3) is 0 Å². The highest BCUT2D eigenvalue weighted by atomic mass is 19.3. The summed E-state index contributed by atoms with van der Waals surface area (Å²) in [6.45, 7) is 7.67. The van der Waals surface area contributed by atoms with Gasteiger partial charge < -0.3 is 10.5 Å². The summed E-state index contributed by atoms with van der Waals surface area (Å²) in [7, 11) is 0. The summed E-state index contributed by atoms with van der Waals surface area (Å²) in [5, 5.41) is 0. The Labute approximate surface area is 128 Å². The van der Waals surface area contributed by atoms with E-state index in [2.05, 4.69) is 4.74 Å². The van der Waals surface area contributed by atoms with Gasteiger partial charge in [0.05, 0.1) is 5.54 Å². The number of rotatable bonds is 6. The largest absolute Gasteiger partial charge is 0.466 e. The van der Waals surface area contributed by atoms with Crippen LogP contribution in [0.2, 0.25) is 0 Å². The third kappa shape index (κ3) is 3.54. The second kappa shape index (κ2) is 5.72. The monoisotopic (exact) mass is 321 g/mol. The Balaban J connectivity index is 3.00. The first kappa shape index (κ1) is 18.7. The van der Waals surface area contributed by atoms with Gasteiger partial charge in [-0.05, 0) is 43.4 Å². The van der Waals surface area contributed by atoms with Gasteiger partial charge in [-0.1, -0.05) is 32.9 Å². The summed E-state index contributed by atoms with van der Waals surface area (Å²) in [6, 6.07) is 5.72. The minimum atomic E-state index is -4.70. The first-order valence-corrected chi connectivity index (χ1v) is 7.08. The van der Waals surface area contributed by atoms with Crippen molar-refractivity contribution < 1.29 is 22.3 Å². The predicted octanol–water partition coefficient (Wildman–Crippen LogP) is 4.72. The van der Waals surface area contributed by atoms with E-state index >= 15 is 0 Å². The number of hydrogen-bond acceptors (Lipinski definition) is 2. The van der Waals surface area contributed by atoms with Crippen LogP contribution in [0.15, 0.2) is 24.3 Å². The average molecular weight is 321 g/mol. The number of halogens is 4. The number of hydrogen-bond donors (Lipinski definition) is 1. The molecule has 0 saturated heterocycles. The maximum Gasteiger partial charge on any atom is 0.466 e. The molecular weight excluding hydrogens is 298 g/mol. The fraction of sp³-hybridized carbons (Fsp3) is 0.625. The van der Waals surface area contributed by atoms with Gasteiger partial charge in [0.1, 0.15) is 5.75 Å². The second-order valence-corrected chi connectivity index (χ2v) is 6.68. The summed E-state index contributed by atoms with van der Waals surface area (Å²) in [6.07, 6.45) is -3.85. The molecule has 1 aromatic rings. The van der Waals surface area contributed by atoms with Crippen LogP contribution in [0, 0.1) is 0 Å². The summed E-state index contributed by atoms with van der Waals surface area (Å²) < 4.78 is 59.1. The fourth-order valence-electron chi connectivity index (χ4n) is 1.77. The van der Waals surface area contributed by atoms with Gasteiger partial charge in [-0.3, -0.25) is 0 Å². The van der Waals surface area contributed by atoms with Crippen molar-refractivity contribution in [2.75, 3.05) is 0 Å². The zero-order valence-electron chi connectivity index (χ0n) is 13.5. The van der Waals surface area contributed by atoms with Crippen LogP contribution in [-0.2, 0) is 5.41 Å². The van der Waals surface area contributed by atoms with Crippen molar-refractivity contribution in [1.29, 1.82) is 0 Å². The zero-order chi connectivity index (χ0) is 17.4. The van der Waals surface area contributed by atoms with Gasteiger partial charge in [-0.2, -0.15) is 17.6 Å². The molecule has 1 rings (SSSR count). The fourth-order valence-corrected chi connectivity index (χ4v) is 1.77. The van der Waals surface area contributed by atoms with E-state index in [0.717, 1.165) is 25.8 Å². The van der Waals surface area contributed by atoms with Crippen molar-refractivity contribution in [3.8, 4) is 5.75 Å². The van der Waals surface area contributed by atoms with Gasteiger partial charge in [0.2, 0.25) is 0 Å². The Kier molecular flexibility index (Phi) is 4.88. The normalized spacial score (nSPS) is 14.1. The molecule has 0 amide bonds. The molecule has 0 saturated carbocycles. The lowest BCUT2D eigenvalue weighted by Gasteiger charge is -2.35. The number of ether oxygens (including phenoxy) is 1. The van der Waals surface area contributed by atoms with Crippen LogP contribution >= 0.6 is 0 Å². The molecule has 0 unspecified atom stereocenters. The van der Waals surface area contributed by atoms with Crippen molar-refractivity contribution in [2.24, 2.45) is 5.73 Å². The molecule has 22 heavy (non-hydrogen) atoms. The maximum atomic E-state index is 13.7. The van der Waals surface area contributed by atoms with Gasteiger partial charge in [0, 0.05) is 0 Å². The van der Waals surface area contributed by atoms with Gasteiger partial charge in [0.15, 0.2) is 0 Å². The lowest BCUT2D eigenvalue weighted by atomic mass is 9.82. The first-order valence-electron chi connectivity index (χ1n) is 7.08. The number of benzene rings is 1. The summed E-state index contributed by atoms with van der Waals surface area (Å²) in [5.74, 6) is -4.84. The molecule has 0 bridgehead atoms. The molecule has 0 aliphatic rings. The maximum absolute atomic E-state index is 13.7. The standard InChI is InChI=1S/C16H23F4NO/c1-6-13(2,3)11-7-9-12(10-8-11)22-16(19,20)15(17,18)14(4,5)21/h7-10H,6,21H2,1-5H3. The molecule has 1 aromatic carbocycles. The molecule has 0 radical (unpaired) electrons. The Hall–Kier alpha value is -1.30. The van der Waals surface area contributed by atoms with Crippen molar-refractivity contribution in [1.82, 2.24) is 0 Å². The van der Waals surface area contributed by atoms with E-state index in [4.69, 9.17) is 5.73 Å². The van der Waals surface area contributed by atoms with E-state index in [1.54, 1.807) is 12.1 Å². The van der Waals surface area contributed by atoms with E-state index in [0.29, 0.717) is 0 Å². The first-order chi connectivity index (χ1) is 9.74. The van der Waals surface area contributed by atoms with Crippen LogP contribution in [0.4, 0.5) is 17.6 Å². The molecule has 0 aliphatic heterocycles. The molecule has 0 spiro atoms. The highest BCUT2D eigenvalue weighted by Crippen LogP contribution is 2.42. The van der Waals surface area contributed by atoms with Crippen LogP contribution in [-0.4, -0.2) is 17.6 Å². The van der Waals surface area contributed by atoms with Gasteiger partial charge in [-0.15, -0.1) is 0 Å². The van der Waals surface area contributed by atoms with Crippen LogP contribution in [0.3, 0.4) is 0 Å². The number of alkyl halides is 4. The Morgan fingerprint density at radius 3 is 1.77 bits per heavy atom. The Morgan fingerprint density at radius 2 is 1.41 bits per heavy atom. The van der Waals surface area contributed by atoms with E-state index < -0.39 is 17.6 Å². The third-order valence-electron chi connectivity index (χ3n) is 3.94. The quantitative estimate of drug-likeness (QED) is 0.770. The number of nitrogens with two attached hydrogens (primary N) is 1. The van der Waals surface area contributed by atoms with Crippen LogP contribution < -0.4 is 10.5 Å². The topological polar surface area (TPSA) is 35.2 Å². The van der Waals surface area contributed by atoms with Gasteiger partial charge >= 0.3 is 12.0 Å². The minimum absolute atomic E-state index is 0.135. The van der Waals surface area contributed by atoms with Crippen molar-refractivity contribution in [3.05, 3.63) is 29.8 Å². The SMILES string of the molecule is CCC(C)(C)c1ccc(OC(F)(F)C(F)(F)C(C)(C)N)cc1. The highest BCUT2D eigenvalue weighted by molar-refractivity contribution is 5.32. The Bertz CT molecular complexity index is 504. The third-order valence-corrected chi connectivity index (χ3v) is 3.94. The van der Waals surface area contributed by atoms with E-state index in [9.17, 15) is 17.6 Å². The summed E-state index contributed by atoms with van der Waals surface area (Å²) in [4.78, 5) is 0. The molecule has 2 nitrogen and oxygen atoms in total. The molecule has 126 valence electrons. The second-order valence-electron chi connectivity index (χ2n) is 6.68. The summed E-state index contributed by atoms with van der Waals surface area (Å²) in [5.41, 5.74) is 3.51. The van der Waals surface area contributed by atoms with E-state index in [1.165, 1.54) is 12.1 Å². The van der Waals surface area contributed by atoms with Crippen LogP contribution in [0.5, 0.6) is 5.75 Å². The van der Waals surface area contributed by atoms with Crippen molar-refractivity contribution in [2.45, 2.75) is 64.0 Å². The summed E-state index contributed by atoms with van der Waals surface area (Å²) >= 11 is 0. The molecule has 0 atom stereocenters. The van der Waals surface area contributed by atoms with Crippen molar-refractivity contribution >= 4 is 0 Å². The van der Waals surface area contributed by atoms with Gasteiger partial charge in [-0.25, -0.2) is 0 Å². The highest BCUT2D eigenvalue weighted by Gasteiger charge is 2.66. The van der Waals surface area contributed by atoms with Crippen LogP contribution in [0.1, 0.15) is 46.6 Å². The minimum Gasteiger partial charge on any atom is -0.428 e. The molecule has 2 N–H and O–H groups in total. The van der Waals surface area contributed by atoms with Gasteiger partial charge in [0.25, 0.3) is 0 Å². The van der Waals surface area contributed by atoms with Crippen molar-refractivity contribution in [3.63, 3.8) is 0 Å². The molecule has 6 heteroatoms. The average Bonchev–Trinajstić information content (AvgIpc) is 2.37. The Morgan fingerprint density at radius 1 is 0.955 bits per heavy atom. The zero-order valence-corrected chi connectivity index (χ0v) is 13.5. The lowest BCUT2D eigenvalue weighted by Crippen LogP contribution is -2.62. The lowest BCUT2D eigenvalue weighted by molar-refractivity contribution is -0.327.